The summed E-state index contributed by atoms with van der Waals surface area (Å²) in [6, 6.07) is 8.94. The highest BCUT2D eigenvalue weighted by molar-refractivity contribution is 5.85. The van der Waals surface area contributed by atoms with E-state index < -0.39 is 0 Å². The number of hydrogen-bond acceptors (Lipinski definition) is 2. The van der Waals surface area contributed by atoms with Crippen molar-refractivity contribution in [1.29, 1.82) is 0 Å². The lowest BCUT2D eigenvalue weighted by molar-refractivity contribution is -0.132. The maximum absolute atomic E-state index is 12.2. The van der Waals surface area contributed by atoms with Crippen LogP contribution in [0.5, 0.6) is 0 Å². The SMILES string of the molecule is CC(C)(C)c1ccc(CCC(=O)N2CCC(N)CC2)cc1.Cl. The van der Waals surface area contributed by atoms with Gasteiger partial charge in [-0.05, 0) is 35.8 Å². The van der Waals surface area contributed by atoms with E-state index in [9.17, 15) is 4.79 Å². The fourth-order valence-corrected chi connectivity index (χ4v) is 2.73. The van der Waals surface area contributed by atoms with Crippen LogP contribution >= 0.6 is 12.4 Å². The molecule has 2 N–H and O–H groups in total. The van der Waals surface area contributed by atoms with Crippen molar-refractivity contribution in [3.05, 3.63) is 35.4 Å². The standard InChI is InChI=1S/C18H28N2O.ClH/c1-18(2,3)15-7-4-14(5-8-15)6-9-17(21)20-12-10-16(19)11-13-20;/h4-5,7-8,16H,6,9-13,19H2,1-3H3;1H. The number of rotatable bonds is 3. The van der Waals surface area contributed by atoms with Crippen LogP contribution in [0.25, 0.3) is 0 Å². The van der Waals surface area contributed by atoms with Crippen molar-refractivity contribution in [2.24, 2.45) is 5.73 Å². The minimum atomic E-state index is 0. The lowest BCUT2D eigenvalue weighted by atomic mass is 9.86. The molecule has 0 saturated carbocycles. The minimum Gasteiger partial charge on any atom is -0.343 e. The van der Waals surface area contributed by atoms with Crippen LogP contribution in [0, 0.1) is 0 Å². The topological polar surface area (TPSA) is 46.3 Å². The summed E-state index contributed by atoms with van der Waals surface area (Å²) in [6.07, 6.45) is 3.30. The fraction of sp³-hybridized carbons (Fsp3) is 0.611. The van der Waals surface area contributed by atoms with Gasteiger partial charge in [0.05, 0.1) is 0 Å². The van der Waals surface area contributed by atoms with Gasteiger partial charge in [0.1, 0.15) is 0 Å². The molecule has 1 aromatic carbocycles. The summed E-state index contributed by atoms with van der Waals surface area (Å²) in [7, 11) is 0. The first kappa shape index (κ1) is 19.0. The summed E-state index contributed by atoms with van der Waals surface area (Å²) in [4.78, 5) is 14.2. The molecule has 0 aliphatic carbocycles. The molecule has 1 heterocycles. The number of piperidine rings is 1. The molecule has 1 amide bonds. The predicted octanol–water partition coefficient (Wildman–Crippen LogP) is 3.29. The number of nitrogens with two attached hydrogens (primary N) is 1. The highest BCUT2D eigenvalue weighted by atomic mass is 35.5. The summed E-state index contributed by atoms with van der Waals surface area (Å²) in [6.45, 7) is 8.29. The van der Waals surface area contributed by atoms with Crippen LogP contribution in [0.2, 0.25) is 0 Å². The summed E-state index contributed by atoms with van der Waals surface area (Å²) in [5, 5.41) is 0. The zero-order valence-corrected chi connectivity index (χ0v) is 14.8. The molecule has 1 fully saturated rings. The Bertz CT molecular complexity index is 471. The molecule has 0 unspecified atom stereocenters. The Kier molecular flexibility index (Phi) is 6.89. The molecular formula is C18H29ClN2O. The molecule has 22 heavy (non-hydrogen) atoms. The molecule has 1 aliphatic heterocycles. The quantitative estimate of drug-likeness (QED) is 0.927. The predicted molar refractivity (Wildman–Crippen MR) is 94.5 cm³/mol. The van der Waals surface area contributed by atoms with Crippen molar-refractivity contribution in [2.75, 3.05) is 13.1 Å². The van der Waals surface area contributed by atoms with E-state index in [2.05, 4.69) is 45.0 Å². The first-order chi connectivity index (χ1) is 9.86. The second-order valence-corrected chi connectivity index (χ2v) is 7.17. The van der Waals surface area contributed by atoms with Gasteiger partial charge in [-0.3, -0.25) is 4.79 Å². The van der Waals surface area contributed by atoms with Crippen LogP contribution in [0.15, 0.2) is 24.3 Å². The minimum absolute atomic E-state index is 0. The zero-order chi connectivity index (χ0) is 15.5. The number of carbonyl (C=O) groups excluding carboxylic acids is 1. The zero-order valence-electron chi connectivity index (χ0n) is 14.0. The van der Waals surface area contributed by atoms with Gasteiger partial charge in [-0.25, -0.2) is 0 Å². The van der Waals surface area contributed by atoms with Gasteiger partial charge in [0, 0.05) is 25.6 Å². The van der Waals surface area contributed by atoms with E-state index in [1.54, 1.807) is 0 Å². The van der Waals surface area contributed by atoms with Gasteiger partial charge in [-0.1, -0.05) is 45.0 Å². The van der Waals surface area contributed by atoms with Crippen LogP contribution < -0.4 is 5.73 Å². The maximum Gasteiger partial charge on any atom is 0.222 e. The van der Waals surface area contributed by atoms with Crippen LogP contribution in [-0.2, 0) is 16.6 Å². The van der Waals surface area contributed by atoms with Crippen LogP contribution in [-0.4, -0.2) is 29.9 Å². The first-order valence-corrected chi connectivity index (χ1v) is 7.99. The molecule has 0 spiro atoms. The van der Waals surface area contributed by atoms with Gasteiger partial charge >= 0.3 is 0 Å². The molecule has 1 saturated heterocycles. The lowest BCUT2D eigenvalue weighted by Crippen LogP contribution is -2.42. The van der Waals surface area contributed by atoms with E-state index in [0.29, 0.717) is 6.42 Å². The van der Waals surface area contributed by atoms with Crippen molar-refractivity contribution in [1.82, 2.24) is 4.90 Å². The number of nitrogens with zero attached hydrogens (tertiary/aromatic N) is 1. The number of halogens is 1. The van der Waals surface area contributed by atoms with Gasteiger partial charge in [0.2, 0.25) is 5.91 Å². The third-order valence-corrected chi connectivity index (χ3v) is 4.34. The number of hydrogen-bond donors (Lipinski definition) is 1. The summed E-state index contributed by atoms with van der Waals surface area (Å²) in [5.41, 5.74) is 8.63. The van der Waals surface area contributed by atoms with E-state index >= 15 is 0 Å². The van der Waals surface area contributed by atoms with Gasteiger partial charge in [-0.15, -0.1) is 12.4 Å². The van der Waals surface area contributed by atoms with E-state index in [1.165, 1.54) is 11.1 Å². The smallest absolute Gasteiger partial charge is 0.222 e. The number of likely N-dealkylation sites (tertiary alicyclic amines) is 1. The second kappa shape index (κ2) is 7.98. The lowest BCUT2D eigenvalue weighted by Gasteiger charge is -2.30. The van der Waals surface area contributed by atoms with Gasteiger partial charge in [0.25, 0.3) is 0 Å². The number of benzene rings is 1. The highest BCUT2D eigenvalue weighted by Gasteiger charge is 2.20. The molecule has 4 heteroatoms. The van der Waals surface area contributed by atoms with Gasteiger partial charge < -0.3 is 10.6 Å². The number of carbonyl (C=O) groups is 1. The molecule has 1 aliphatic rings. The Hall–Kier alpha value is -1.06. The Morgan fingerprint density at radius 1 is 1.18 bits per heavy atom. The van der Waals surface area contributed by atoms with Gasteiger partial charge in [0.15, 0.2) is 0 Å². The van der Waals surface area contributed by atoms with E-state index in [-0.39, 0.29) is 29.8 Å². The Labute approximate surface area is 140 Å². The summed E-state index contributed by atoms with van der Waals surface area (Å²) in [5.74, 6) is 0.266. The maximum atomic E-state index is 12.2. The first-order valence-electron chi connectivity index (χ1n) is 7.99. The fourth-order valence-electron chi connectivity index (χ4n) is 2.73. The molecule has 3 nitrogen and oxygen atoms in total. The van der Waals surface area contributed by atoms with E-state index in [4.69, 9.17) is 5.73 Å². The molecule has 1 aromatic rings. The largest absolute Gasteiger partial charge is 0.343 e. The average molecular weight is 325 g/mol. The highest BCUT2D eigenvalue weighted by Crippen LogP contribution is 2.22. The molecular weight excluding hydrogens is 296 g/mol. The van der Waals surface area contributed by atoms with Crippen LogP contribution in [0.4, 0.5) is 0 Å². The number of amides is 1. The monoisotopic (exact) mass is 324 g/mol. The van der Waals surface area contributed by atoms with Crippen molar-refractivity contribution in [2.45, 2.75) is 57.9 Å². The van der Waals surface area contributed by atoms with Crippen molar-refractivity contribution in [3.8, 4) is 0 Å². The molecule has 0 bridgehead atoms. The summed E-state index contributed by atoms with van der Waals surface area (Å²) < 4.78 is 0. The van der Waals surface area contributed by atoms with Gasteiger partial charge in [-0.2, -0.15) is 0 Å². The van der Waals surface area contributed by atoms with Crippen LogP contribution in [0.3, 0.4) is 0 Å². The number of aryl methyl sites for hydroxylation is 1. The van der Waals surface area contributed by atoms with Crippen molar-refractivity contribution < 1.29 is 4.79 Å². The summed E-state index contributed by atoms with van der Waals surface area (Å²) >= 11 is 0. The molecule has 0 aromatic heterocycles. The second-order valence-electron chi connectivity index (χ2n) is 7.17. The van der Waals surface area contributed by atoms with Crippen LogP contribution in [0.1, 0.15) is 51.2 Å². The Morgan fingerprint density at radius 2 is 1.73 bits per heavy atom. The van der Waals surface area contributed by atoms with E-state index in [1.807, 2.05) is 4.90 Å². The molecule has 124 valence electrons. The Morgan fingerprint density at radius 3 is 2.23 bits per heavy atom. The molecule has 0 radical (unpaired) electrons. The average Bonchev–Trinajstić information content (AvgIpc) is 2.45. The van der Waals surface area contributed by atoms with Crippen molar-refractivity contribution >= 4 is 18.3 Å². The third-order valence-electron chi connectivity index (χ3n) is 4.34. The van der Waals surface area contributed by atoms with Crippen molar-refractivity contribution in [3.63, 3.8) is 0 Å². The molecule has 2 rings (SSSR count). The third kappa shape index (κ3) is 5.29. The van der Waals surface area contributed by atoms with E-state index in [0.717, 1.165) is 32.4 Å². The normalized spacial score (nSPS) is 16.3. The Balaban J connectivity index is 0.00000242. The molecule has 0 atom stereocenters.